The molecular formula is C65H75N5. The van der Waals surface area contributed by atoms with Crippen LogP contribution in [0.5, 0.6) is 0 Å². The molecule has 0 spiro atoms. The monoisotopic (exact) mass is 926 g/mol. The van der Waals surface area contributed by atoms with Gasteiger partial charge in [0.25, 0.3) is 0 Å². The molecule has 0 aliphatic carbocycles. The Morgan fingerprint density at radius 2 is 0.371 bits per heavy atom. The van der Waals surface area contributed by atoms with Gasteiger partial charge in [0.1, 0.15) is 0 Å². The van der Waals surface area contributed by atoms with E-state index in [1.807, 2.05) is 0 Å². The zero-order chi connectivity index (χ0) is 48.5. The summed E-state index contributed by atoms with van der Waals surface area (Å²) in [5.41, 5.74) is 21.3. The second-order valence-electron chi connectivity index (χ2n) is 21.6. The Labute approximate surface area is 416 Å². The maximum Gasteiger partial charge on any atom is 0.0227 e. The quantitative estimate of drug-likeness (QED) is 0.0681. The Morgan fingerprint density at radius 1 is 0.229 bits per heavy atom. The first-order valence-electron chi connectivity index (χ1n) is 26.8. The number of aryl methyl sites for hydroxylation is 15. The third-order valence-electron chi connectivity index (χ3n) is 17.1. The maximum absolute atomic E-state index is 2.70. The third kappa shape index (κ3) is 8.02. The lowest BCUT2D eigenvalue weighted by Crippen LogP contribution is -2.05. The fraction of sp³-hybridized carbons (Fsp3) is 0.385. The highest BCUT2D eigenvalue weighted by Gasteiger charge is 2.28. The molecule has 70 heavy (non-hydrogen) atoms. The second-order valence-corrected chi connectivity index (χ2v) is 21.6. The lowest BCUT2D eigenvalue weighted by atomic mass is 9.87. The van der Waals surface area contributed by atoms with Gasteiger partial charge in [-0.15, -0.1) is 0 Å². The molecule has 0 fully saturated rings. The molecule has 0 N–H and O–H groups in total. The van der Waals surface area contributed by atoms with Gasteiger partial charge in [-0.3, -0.25) is 0 Å². The largest absolute Gasteiger partial charge is 0.349 e. The molecule has 5 heteroatoms. The zero-order valence-corrected chi connectivity index (χ0v) is 44.0. The van der Waals surface area contributed by atoms with Crippen molar-refractivity contribution in [1.29, 1.82) is 0 Å². The van der Waals surface area contributed by atoms with E-state index in [0.717, 1.165) is 96.9 Å². The lowest BCUT2D eigenvalue weighted by molar-refractivity contribution is 0.618. The molecule has 5 aromatic heterocycles. The van der Waals surface area contributed by atoms with E-state index < -0.39 is 0 Å². The number of hydrogen-bond acceptors (Lipinski definition) is 0. The van der Waals surface area contributed by atoms with Crippen LogP contribution in [0.25, 0.3) is 53.9 Å². The first-order valence-corrected chi connectivity index (χ1v) is 26.8. The molecule has 5 nitrogen and oxygen atoms in total. The summed E-state index contributed by atoms with van der Waals surface area (Å²) in [6, 6.07) is 36.3. The predicted octanol–water partition coefficient (Wildman–Crippen LogP) is 16.0. The minimum atomic E-state index is 1.04. The summed E-state index contributed by atoms with van der Waals surface area (Å²) >= 11 is 0. The fourth-order valence-corrected chi connectivity index (χ4v) is 13.3. The van der Waals surface area contributed by atoms with E-state index in [1.54, 1.807) is 26.9 Å². The molecule has 5 heterocycles. The standard InChI is InChI=1S/C65H75N5/c1-41-21-22-42(2)66(41)31-11-16-51-36-57-53(18-13-33-68-45(5)25-26-46(68)6)38-59-55(20-15-35-70-49(9)29-30-50(70)10)40-60-54(19-14-34-69-47(7)27-28-48(69)8)39-58-52(17-12-32-67-43(3)23-24-44(67)4)37-56(51)61-62(57)64(59)65(60)63(58)61/h21-30,36-40H,11-20,31-35H2,1-10H3. The van der Waals surface area contributed by atoms with Crippen LogP contribution in [-0.2, 0) is 64.8 Å². The maximum atomic E-state index is 2.70. The van der Waals surface area contributed by atoms with Crippen molar-refractivity contribution in [3.8, 4) is 0 Å². The molecule has 0 saturated carbocycles. The van der Waals surface area contributed by atoms with Crippen LogP contribution in [0.3, 0.4) is 0 Å². The van der Waals surface area contributed by atoms with Crippen molar-refractivity contribution < 1.29 is 0 Å². The molecule has 0 aliphatic heterocycles. The molecule has 0 bridgehead atoms. The van der Waals surface area contributed by atoms with Crippen molar-refractivity contribution in [2.24, 2.45) is 0 Å². The highest BCUT2D eigenvalue weighted by atomic mass is 15.0. The van der Waals surface area contributed by atoms with Gasteiger partial charge in [-0.1, -0.05) is 30.3 Å². The first-order chi connectivity index (χ1) is 33.9. The van der Waals surface area contributed by atoms with E-state index in [-0.39, 0.29) is 0 Å². The SMILES string of the molecule is Cc1ccc(C)n1CCCc1cc2c(CCCn3c(C)ccc3C)cc3c(CCCn4c(C)ccc4C)cc4c(CCCn5c(C)ccc5C)cc5c(CCCn6c(C)ccc6C)cc1c1c5c4c3c21. The van der Waals surface area contributed by atoms with E-state index in [4.69, 9.17) is 0 Å². The van der Waals surface area contributed by atoms with Crippen LogP contribution in [0.1, 0.15) is 117 Å². The van der Waals surface area contributed by atoms with Gasteiger partial charge in [-0.05, 0) is 276 Å². The molecule has 360 valence electrons. The van der Waals surface area contributed by atoms with Crippen LogP contribution in [0.15, 0.2) is 91.0 Å². The summed E-state index contributed by atoms with van der Waals surface area (Å²) in [5.74, 6) is 0. The number of rotatable bonds is 20. The summed E-state index contributed by atoms with van der Waals surface area (Å²) in [6.45, 7) is 27.9. The Morgan fingerprint density at radius 3 is 0.514 bits per heavy atom. The van der Waals surface area contributed by atoms with Gasteiger partial charge >= 0.3 is 0 Å². The topological polar surface area (TPSA) is 24.6 Å². The number of nitrogens with zero attached hydrogens (tertiary/aromatic N) is 5. The van der Waals surface area contributed by atoms with Crippen molar-refractivity contribution in [3.05, 3.63) is 176 Å². The van der Waals surface area contributed by atoms with Crippen LogP contribution in [-0.4, -0.2) is 22.8 Å². The molecular weight excluding hydrogens is 851 g/mol. The van der Waals surface area contributed by atoms with Crippen LogP contribution < -0.4 is 0 Å². The van der Waals surface area contributed by atoms with Gasteiger partial charge in [-0.25, -0.2) is 0 Å². The third-order valence-corrected chi connectivity index (χ3v) is 17.1. The molecule has 11 rings (SSSR count). The minimum Gasteiger partial charge on any atom is -0.349 e. The van der Waals surface area contributed by atoms with Crippen LogP contribution in [0.4, 0.5) is 0 Å². The number of hydrogen-bond donors (Lipinski definition) is 0. The highest BCUT2D eigenvalue weighted by molar-refractivity contribution is 6.45. The summed E-state index contributed by atoms with van der Waals surface area (Å²) in [4.78, 5) is 0. The summed E-state index contributed by atoms with van der Waals surface area (Å²) in [5, 5.41) is 15.2. The van der Waals surface area contributed by atoms with Crippen molar-refractivity contribution in [3.63, 3.8) is 0 Å². The van der Waals surface area contributed by atoms with Crippen LogP contribution >= 0.6 is 0 Å². The summed E-state index contributed by atoms with van der Waals surface area (Å²) in [7, 11) is 0. The minimum absolute atomic E-state index is 1.04. The Bertz CT molecular complexity index is 2960. The van der Waals surface area contributed by atoms with Crippen LogP contribution in [0, 0.1) is 69.2 Å². The lowest BCUT2D eigenvalue weighted by Gasteiger charge is -2.18. The second kappa shape index (κ2) is 18.5. The van der Waals surface area contributed by atoms with Gasteiger partial charge in [0.15, 0.2) is 0 Å². The van der Waals surface area contributed by atoms with E-state index in [9.17, 15) is 0 Å². The van der Waals surface area contributed by atoms with E-state index >= 15 is 0 Å². The zero-order valence-electron chi connectivity index (χ0n) is 44.0. The number of aromatic nitrogens is 5. The van der Waals surface area contributed by atoms with Crippen LogP contribution in [0.2, 0.25) is 0 Å². The molecule has 0 unspecified atom stereocenters. The summed E-state index contributed by atoms with van der Waals surface area (Å²) < 4.78 is 12.6. The molecule has 6 aromatic carbocycles. The predicted molar refractivity (Wildman–Crippen MR) is 299 cm³/mol. The smallest absolute Gasteiger partial charge is 0.0227 e. The highest BCUT2D eigenvalue weighted by Crippen LogP contribution is 2.53. The normalized spacial score (nSPS) is 12.4. The molecule has 0 amide bonds. The molecule has 0 atom stereocenters. The van der Waals surface area contributed by atoms with Gasteiger partial charge in [0.05, 0.1) is 0 Å². The Hall–Kier alpha value is -6.20. The Balaban J connectivity index is 1.11. The van der Waals surface area contributed by atoms with E-state index in [1.165, 1.54) is 112 Å². The summed E-state index contributed by atoms with van der Waals surface area (Å²) in [6.07, 6.45) is 10.9. The van der Waals surface area contributed by atoms with Crippen molar-refractivity contribution >= 4 is 53.9 Å². The Kier molecular flexibility index (Phi) is 12.2. The van der Waals surface area contributed by atoms with Crippen molar-refractivity contribution in [2.75, 3.05) is 0 Å². The fourth-order valence-electron chi connectivity index (χ4n) is 13.3. The van der Waals surface area contributed by atoms with Crippen molar-refractivity contribution in [1.82, 2.24) is 22.8 Å². The van der Waals surface area contributed by atoms with Crippen molar-refractivity contribution in [2.45, 2.75) is 166 Å². The molecule has 0 radical (unpaired) electrons. The van der Waals surface area contributed by atoms with Gasteiger partial charge in [0.2, 0.25) is 0 Å². The average Bonchev–Trinajstić information content (AvgIpc) is 4.19. The average molecular weight is 926 g/mol. The molecule has 11 aromatic rings. The number of benzene rings is 5. The van der Waals surface area contributed by atoms with Gasteiger partial charge in [-0.2, -0.15) is 0 Å². The molecule has 0 saturated heterocycles. The van der Waals surface area contributed by atoms with E-state index in [2.05, 4.69) is 183 Å². The van der Waals surface area contributed by atoms with Gasteiger partial charge in [0, 0.05) is 89.7 Å². The first kappa shape index (κ1) is 46.2. The van der Waals surface area contributed by atoms with E-state index in [0.29, 0.717) is 0 Å². The molecule has 0 aliphatic rings. The van der Waals surface area contributed by atoms with Gasteiger partial charge < -0.3 is 22.8 Å².